The summed E-state index contributed by atoms with van der Waals surface area (Å²) in [5.41, 5.74) is 4.24. The predicted octanol–water partition coefficient (Wildman–Crippen LogP) is 5.41. The maximum Gasteiger partial charge on any atom is 0.325 e. The van der Waals surface area contributed by atoms with Crippen LogP contribution < -0.4 is 9.64 Å². The van der Waals surface area contributed by atoms with E-state index in [-0.39, 0.29) is 17.0 Å². The van der Waals surface area contributed by atoms with Crippen LogP contribution in [0.25, 0.3) is 11.1 Å². The number of urea groups is 1. The molecule has 0 saturated carbocycles. The normalized spacial score (nSPS) is 18.3. The minimum Gasteiger partial charge on any atom is -0.497 e. The van der Waals surface area contributed by atoms with Crippen molar-refractivity contribution < 1.29 is 9.53 Å². The van der Waals surface area contributed by atoms with Crippen LogP contribution in [0, 0.1) is 5.41 Å². The zero-order valence-corrected chi connectivity index (χ0v) is 21.8. The van der Waals surface area contributed by atoms with Gasteiger partial charge in [0.2, 0.25) is 0 Å². The highest BCUT2D eigenvalue weighted by Gasteiger charge is 2.51. The number of likely N-dealkylation sites (tertiary alicyclic amines) is 1. The molecule has 0 unspecified atom stereocenters. The van der Waals surface area contributed by atoms with Gasteiger partial charge in [-0.05, 0) is 53.6 Å². The quantitative estimate of drug-likeness (QED) is 0.505. The number of anilines is 1. The number of carbonyl (C=O) groups excluding carboxylic acids is 1. The van der Waals surface area contributed by atoms with E-state index in [1.807, 2.05) is 35.5 Å². The fourth-order valence-corrected chi connectivity index (χ4v) is 5.66. The summed E-state index contributed by atoms with van der Waals surface area (Å²) in [5.74, 6) is 0.819. The Bertz CT molecular complexity index is 1180. The summed E-state index contributed by atoms with van der Waals surface area (Å²) in [5, 5.41) is 6.91. The van der Waals surface area contributed by atoms with Gasteiger partial charge in [0.15, 0.2) is 0 Å². The molecule has 1 spiro atoms. The van der Waals surface area contributed by atoms with E-state index in [0.29, 0.717) is 13.1 Å². The zero-order chi connectivity index (χ0) is 25.3. The number of carbonyl (C=O) groups is 1. The van der Waals surface area contributed by atoms with Crippen LogP contribution in [0.2, 0.25) is 0 Å². The Morgan fingerprint density at radius 3 is 2.44 bits per heavy atom. The lowest BCUT2D eigenvalue weighted by atomic mass is 9.85. The van der Waals surface area contributed by atoms with E-state index in [1.165, 1.54) is 0 Å². The van der Waals surface area contributed by atoms with Gasteiger partial charge < -0.3 is 14.5 Å². The molecule has 7 nitrogen and oxygen atoms in total. The summed E-state index contributed by atoms with van der Waals surface area (Å²) < 4.78 is 5.45. The Kier molecular flexibility index (Phi) is 6.51. The molecule has 1 N–H and O–H groups in total. The Hall–Kier alpha value is -3.32. The molecule has 2 saturated heterocycles. The largest absolute Gasteiger partial charge is 0.497 e. The number of hydrogen-bond acceptors (Lipinski definition) is 4. The van der Waals surface area contributed by atoms with Crippen LogP contribution in [-0.2, 0) is 6.54 Å². The van der Waals surface area contributed by atoms with Crippen molar-refractivity contribution in [2.24, 2.45) is 5.41 Å². The number of piperidine rings is 1. The highest BCUT2D eigenvalue weighted by Crippen LogP contribution is 2.40. The number of benzene rings is 2. The molecule has 3 heterocycles. The summed E-state index contributed by atoms with van der Waals surface area (Å²) in [6.45, 7) is 11.3. The van der Waals surface area contributed by atoms with Gasteiger partial charge in [-0.2, -0.15) is 5.10 Å². The van der Waals surface area contributed by atoms with Gasteiger partial charge in [0.25, 0.3) is 0 Å². The number of H-pyrrole nitrogens is 1. The first-order chi connectivity index (χ1) is 17.3. The zero-order valence-electron chi connectivity index (χ0n) is 21.8. The maximum absolute atomic E-state index is 14.0. The summed E-state index contributed by atoms with van der Waals surface area (Å²) >= 11 is 0. The molecular formula is C29H37N5O2. The number of rotatable bonds is 6. The van der Waals surface area contributed by atoms with Gasteiger partial charge in [-0.15, -0.1) is 0 Å². The topological polar surface area (TPSA) is 64.7 Å². The van der Waals surface area contributed by atoms with Gasteiger partial charge >= 0.3 is 6.03 Å². The van der Waals surface area contributed by atoms with Crippen molar-refractivity contribution in [1.82, 2.24) is 20.0 Å². The number of aromatic nitrogens is 2. The number of hydrogen-bond donors (Lipinski definition) is 1. The number of aromatic amines is 1. The Balaban J connectivity index is 1.41. The van der Waals surface area contributed by atoms with Crippen LogP contribution in [0.4, 0.5) is 10.5 Å². The first-order valence-corrected chi connectivity index (χ1v) is 12.8. The van der Waals surface area contributed by atoms with Gasteiger partial charge in [0.05, 0.1) is 25.4 Å². The average molecular weight is 488 g/mol. The maximum atomic E-state index is 14.0. The lowest BCUT2D eigenvalue weighted by Crippen LogP contribution is -2.55. The number of nitrogens with zero attached hydrogens (tertiary/aromatic N) is 4. The molecule has 2 aromatic carbocycles. The van der Waals surface area contributed by atoms with Crippen molar-refractivity contribution in [3.63, 3.8) is 0 Å². The molecule has 2 aliphatic heterocycles. The van der Waals surface area contributed by atoms with Crippen molar-refractivity contribution in [2.75, 3.05) is 38.2 Å². The molecule has 0 bridgehead atoms. The van der Waals surface area contributed by atoms with E-state index < -0.39 is 0 Å². The Morgan fingerprint density at radius 1 is 1.06 bits per heavy atom. The molecule has 0 atom stereocenters. The molecule has 0 aliphatic carbocycles. The van der Waals surface area contributed by atoms with E-state index in [1.54, 1.807) is 7.11 Å². The van der Waals surface area contributed by atoms with E-state index >= 15 is 0 Å². The number of nitrogens with one attached hydrogen (secondary N) is 1. The third-order valence-corrected chi connectivity index (χ3v) is 7.46. The lowest BCUT2D eigenvalue weighted by molar-refractivity contribution is 0.0575. The van der Waals surface area contributed by atoms with Crippen LogP contribution in [0.5, 0.6) is 5.75 Å². The highest BCUT2D eigenvalue weighted by molar-refractivity contribution is 5.95. The molecular weight excluding hydrogens is 450 g/mol. The van der Waals surface area contributed by atoms with E-state index in [2.05, 4.69) is 71.1 Å². The van der Waals surface area contributed by atoms with Gasteiger partial charge in [0, 0.05) is 43.6 Å². The lowest BCUT2D eigenvalue weighted by Gasteiger charge is -2.45. The summed E-state index contributed by atoms with van der Waals surface area (Å²) in [6.07, 6.45) is 5.64. The van der Waals surface area contributed by atoms with Crippen LogP contribution >= 0.6 is 0 Å². The minimum atomic E-state index is -0.183. The van der Waals surface area contributed by atoms with E-state index in [4.69, 9.17) is 4.74 Å². The Morgan fingerprint density at radius 2 is 1.81 bits per heavy atom. The molecule has 36 heavy (non-hydrogen) atoms. The summed E-state index contributed by atoms with van der Waals surface area (Å²) in [7, 11) is 1.68. The van der Waals surface area contributed by atoms with Crippen molar-refractivity contribution >= 4 is 11.7 Å². The van der Waals surface area contributed by atoms with E-state index in [9.17, 15) is 4.79 Å². The van der Waals surface area contributed by atoms with Gasteiger partial charge in [-0.25, -0.2) is 4.79 Å². The predicted molar refractivity (Wildman–Crippen MR) is 143 cm³/mol. The van der Waals surface area contributed by atoms with E-state index in [0.717, 1.165) is 60.6 Å². The smallest absolute Gasteiger partial charge is 0.325 e. The second-order valence-corrected chi connectivity index (χ2v) is 11.4. The third kappa shape index (κ3) is 4.98. The van der Waals surface area contributed by atoms with Crippen molar-refractivity contribution in [1.29, 1.82) is 0 Å². The SMILES string of the molecule is COc1cccc(CN2C(=O)N(c3ccc(-c4cn[nH]c4)cc3)CC23CCN(CC(C)(C)C)CC3)c1. The van der Waals surface area contributed by atoms with Gasteiger partial charge in [-0.1, -0.05) is 45.0 Å². The molecule has 1 aromatic heterocycles. The third-order valence-electron chi connectivity index (χ3n) is 7.46. The average Bonchev–Trinajstić information content (AvgIpc) is 3.49. The molecule has 5 rings (SSSR count). The molecule has 7 heteroatoms. The molecule has 2 amide bonds. The summed E-state index contributed by atoms with van der Waals surface area (Å²) in [6, 6.07) is 16.4. The molecule has 2 fully saturated rings. The second kappa shape index (κ2) is 9.62. The monoisotopic (exact) mass is 487 g/mol. The second-order valence-electron chi connectivity index (χ2n) is 11.4. The van der Waals surface area contributed by atoms with Crippen LogP contribution in [-0.4, -0.2) is 64.9 Å². The first kappa shape index (κ1) is 24.4. The summed E-state index contributed by atoms with van der Waals surface area (Å²) in [4.78, 5) is 20.6. The van der Waals surface area contributed by atoms with Gasteiger partial charge in [0.1, 0.15) is 5.75 Å². The van der Waals surface area contributed by atoms with Gasteiger partial charge in [-0.3, -0.25) is 10.00 Å². The standard InChI is InChI=1S/C29H37N5O2/c1-28(2,3)20-32-14-12-29(13-15-32)21-33(25-10-8-23(9-11-25)24-17-30-31-18-24)27(35)34(29)19-22-6-5-7-26(16-22)36-4/h5-11,16-18H,12-15,19-21H2,1-4H3,(H,30,31). The van der Waals surface area contributed by atoms with Crippen LogP contribution in [0.1, 0.15) is 39.2 Å². The minimum absolute atomic E-state index is 0.0816. The fraction of sp³-hybridized carbons (Fsp3) is 0.448. The van der Waals surface area contributed by atoms with Crippen molar-refractivity contribution in [3.8, 4) is 16.9 Å². The van der Waals surface area contributed by atoms with Crippen molar-refractivity contribution in [3.05, 3.63) is 66.5 Å². The molecule has 0 radical (unpaired) electrons. The van der Waals surface area contributed by atoms with Crippen LogP contribution in [0.3, 0.4) is 0 Å². The Labute approximate surface area is 214 Å². The number of ether oxygens (including phenoxy) is 1. The number of amides is 2. The van der Waals surface area contributed by atoms with Crippen molar-refractivity contribution in [2.45, 2.75) is 45.7 Å². The van der Waals surface area contributed by atoms with Crippen LogP contribution in [0.15, 0.2) is 60.9 Å². The fourth-order valence-electron chi connectivity index (χ4n) is 5.66. The highest BCUT2D eigenvalue weighted by atomic mass is 16.5. The molecule has 2 aliphatic rings. The molecule has 190 valence electrons. The molecule has 3 aromatic rings. The number of methoxy groups -OCH3 is 1. The first-order valence-electron chi connectivity index (χ1n) is 12.8.